The number of aromatic amines is 1. The van der Waals surface area contributed by atoms with Crippen molar-refractivity contribution in [3.63, 3.8) is 0 Å². The predicted octanol–water partition coefficient (Wildman–Crippen LogP) is 1.80. The van der Waals surface area contributed by atoms with Gasteiger partial charge < -0.3 is 10.7 Å². The fourth-order valence-electron chi connectivity index (χ4n) is 0.650. The lowest BCUT2D eigenvalue weighted by Crippen LogP contribution is -2.04. The molecule has 1 atom stereocenters. The molecule has 0 aromatic carbocycles. The van der Waals surface area contributed by atoms with Gasteiger partial charge in [0.2, 0.25) is 0 Å². The van der Waals surface area contributed by atoms with Gasteiger partial charge in [0.05, 0.1) is 4.60 Å². The van der Waals surface area contributed by atoms with E-state index in [4.69, 9.17) is 5.73 Å². The summed E-state index contributed by atoms with van der Waals surface area (Å²) in [5.74, 6) is 0. The first-order valence-electron chi connectivity index (χ1n) is 2.80. The molecule has 0 radical (unpaired) electrons. The average molecular weight is 189 g/mol. The Bertz CT molecular complexity index is 193. The van der Waals surface area contributed by atoms with E-state index >= 15 is 0 Å². The summed E-state index contributed by atoms with van der Waals surface area (Å²) in [6, 6.07) is 4.00. The van der Waals surface area contributed by atoms with E-state index in [2.05, 4.69) is 20.9 Å². The molecular weight excluding hydrogens is 180 g/mol. The topological polar surface area (TPSA) is 41.8 Å². The van der Waals surface area contributed by atoms with Crippen molar-refractivity contribution in [3.8, 4) is 0 Å². The van der Waals surface area contributed by atoms with Gasteiger partial charge in [-0.15, -0.1) is 0 Å². The number of aromatic nitrogens is 1. The molecule has 1 heterocycles. The largest absolute Gasteiger partial charge is 0.352 e. The molecule has 0 aliphatic heterocycles. The molecule has 0 saturated carbocycles. The zero-order chi connectivity index (χ0) is 6.85. The van der Waals surface area contributed by atoms with E-state index in [9.17, 15) is 0 Å². The molecule has 0 spiro atoms. The second-order valence-corrected chi connectivity index (χ2v) is 2.90. The second kappa shape index (κ2) is 2.54. The summed E-state index contributed by atoms with van der Waals surface area (Å²) >= 11 is 3.29. The molecule has 9 heavy (non-hydrogen) atoms. The Morgan fingerprint density at radius 3 is 2.56 bits per heavy atom. The van der Waals surface area contributed by atoms with Gasteiger partial charge in [-0.25, -0.2) is 0 Å². The van der Waals surface area contributed by atoms with Crippen molar-refractivity contribution in [2.75, 3.05) is 0 Å². The molecule has 0 amide bonds. The Morgan fingerprint density at radius 2 is 2.33 bits per heavy atom. The van der Waals surface area contributed by atoms with Gasteiger partial charge in [0, 0.05) is 11.7 Å². The van der Waals surface area contributed by atoms with Gasteiger partial charge in [-0.3, -0.25) is 0 Å². The van der Waals surface area contributed by atoms with Gasteiger partial charge in [-0.2, -0.15) is 0 Å². The van der Waals surface area contributed by atoms with Gasteiger partial charge >= 0.3 is 0 Å². The second-order valence-electron chi connectivity index (χ2n) is 2.05. The van der Waals surface area contributed by atoms with Crippen LogP contribution in [0.25, 0.3) is 0 Å². The van der Waals surface area contributed by atoms with Crippen molar-refractivity contribution < 1.29 is 0 Å². The molecule has 0 fully saturated rings. The fraction of sp³-hybridized carbons (Fsp3) is 0.333. The average Bonchev–Trinajstić information content (AvgIpc) is 2.14. The Balaban J connectivity index is 2.85. The van der Waals surface area contributed by atoms with Crippen molar-refractivity contribution >= 4 is 15.9 Å². The summed E-state index contributed by atoms with van der Waals surface area (Å²) in [6.07, 6.45) is 0. The third-order valence-electron chi connectivity index (χ3n) is 1.16. The van der Waals surface area contributed by atoms with Crippen LogP contribution in [0.3, 0.4) is 0 Å². The zero-order valence-corrected chi connectivity index (χ0v) is 6.77. The van der Waals surface area contributed by atoms with Crippen LogP contribution >= 0.6 is 15.9 Å². The highest BCUT2D eigenvalue weighted by Gasteiger charge is 1.99. The zero-order valence-electron chi connectivity index (χ0n) is 5.19. The van der Waals surface area contributed by atoms with E-state index in [0.717, 1.165) is 10.3 Å². The van der Waals surface area contributed by atoms with Crippen molar-refractivity contribution in [2.45, 2.75) is 13.0 Å². The number of nitrogens with one attached hydrogen (secondary N) is 1. The van der Waals surface area contributed by atoms with Gasteiger partial charge in [0.15, 0.2) is 0 Å². The van der Waals surface area contributed by atoms with Gasteiger partial charge in [-0.05, 0) is 35.0 Å². The van der Waals surface area contributed by atoms with Crippen molar-refractivity contribution in [1.82, 2.24) is 4.98 Å². The summed E-state index contributed by atoms with van der Waals surface area (Å²) in [4.78, 5) is 3.07. The Hall–Kier alpha value is -0.280. The van der Waals surface area contributed by atoms with Crippen molar-refractivity contribution in [2.24, 2.45) is 5.73 Å². The standard InChI is InChI=1S/C6H9BrN2/c1-4(8)5-2-3-6(7)9-5/h2-4,9H,8H2,1H3/t4-/m1/s1. The van der Waals surface area contributed by atoms with Crippen LogP contribution in [0.4, 0.5) is 0 Å². The van der Waals surface area contributed by atoms with Crippen molar-refractivity contribution in [3.05, 3.63) is 22.4 Å². The van der Waals surface area contributed by atoms with Crippen LogP contribution in [0.5, 0.6) is 0 Å². The predicted molar refractivity (Wildman–Crippen MR) is 41.1 cm³/mol. The van der Waals surface area contributed by atoms with E-state index in [0.29, 0.717) is 0 Å². The molecule has 1 aromatic rings. The highest BCUT2D eigenvalue weighted by Crippen LogP contribution is 2.12. The number of rotatable bonds is 1. The molecule has 50 valence electrons. The third kappa shape index (κ3) is 1.56. The Labute approximate surface area is 62.6 Å². The molecular formula is C6H9BrN2. The first-order valence-corrected chi connectivity index (χ1v) is 3.59. The van der Waals surface area contributed by atoms with Crippen LogP contribution in [0, 0.1) is 0 Å². The summed E-state index contributed by atoms with van der Waals surface area (Å²) < 4.78 is 0.981. The first-order chi connectivity index (χ1) is 4.20. The summed E-state index contributed by atoms with van der Waals surface area (Å²) in [5, 5.41) is 0. The molecule has 0 saturated heterocycles. The number of hydrogen-bond donors (Lipinski definition) is 2. The number of H-pyrrole nitrogens is 1. The molecule has 2 nitrogen and oxygen atoms in total. The van der Waals surface area contributed by atoms with E-state index in [1.807, 2.05) is 19.1 Å². The molecule has 1 rings (SSSR count). The Kier molecular flexibility index (Phi) is 1.93. The van der Waals surface area contributed by atoms with Gasteiger partial charge in [0.1, 0.15) is 0 Å². The molecule has 0 aliphatic carbocycles. The monoisotopic (exact) mass is 188 g/mol. The highest BCUT2D eigenvalue weighted by atomic mass is 79.9. The summed E-state index contributed by atoms with van der Waals surface area (Å²) in [7, 11) is 0. The van der Waals surface area contributed by atoms with E-state index < -0.39 is 0 Å². The normalized spacial score (nSPS) is 13.7. The van der Waals surface area contributed by atoms with Gasteiger partial charge in [-0.1, -0.05) is 0 Å². The van der Waals surface area contributed by atoms with Crippen molar-refractivity contribution in [1.29, 1.82) is 0 Å². The minimum absolute atomic E-state index is 0.0938. The minimum Gasteiger partial charge on any atom is -0.352 e. The quantitative estimate of drug-likeness (QED) is 0.694. The summed E-state index contributed by atoms with van der Waals surface area (Å²) in [6.45, 7) is 1.94. The Morgan fingerprint density at radius 1 is 1.67 bits per heavy atom. The molecule has 3 N–H and O–H groups in total. The molecule has 1 aromatic heterocycles. The third-order valence-corrected chi connectivity index (χ3v) is 1.63. The SMILES string of the molecule is C[C@@H](N)c1ccc(Br)[nH]1. The fourth-order valence-corrected chi connectivity index (χ4v) is 1.01. The summed E-state index contributed by atoms with van der Waals surface area (Å²) in [5.41, 5.74) is 6.63. The lowest BCUT2D eigenvalue weighted by Gasteiger charge is -1.98. The lowest BCUT2D eigenvalue weighted by molar-refractivity contribution is 0.787. The van der Waals surface area contributed by atoms with E-state index in [-0.39, 0.29) is 6.04 Å². The molecule has 0 unspecified atom stereocenters. The minimum atomic E-state index is 0.0938. The lowest BCUT2D eigenvalue weighted by atomic mass is 10.3. The van der Waals surface area contributed by atoms with Gasteiger partial charge in [0.25, 0.3) is 0 Å². The number of hydrogen-bond acceptors (Lipinski definition) is 1. The van der Waals surface area contributed by atoms with Crippen LogP contribution in [0.2, 0.25) is 0 Å². The number of nitrogens with two attached hydrogens (primary N) is 1. The molecule has 0 bridgehead atoms. The van der Waals surface area contributed by atoms with Crippen LogP contribution < -0.4 is 5.73 Å². The van der Waals surface area contributed by atoms with Crippen LogP contribution in [0.1, 0.15) is 18.7 Å². The molecule has 0 aliphatic rings. The smallest absolute Gasteiger partial charge is 0.0822 e. The maximum atomic E-state index is 5.57. The van der Waals surface area contributed by atoms with E-state index in [1.165, 1.54) is 0 Å². The number of halogens is 1. The van der Waals surface area contributed by atoms with Crippen LogP contribution in [-0.4, -0.2) is 4.98 Å². The molecule has 3 heteroatoms. The maximum absolute atomic E-state index is 5.57. The first kappa shape index (κ1) is 6.83. The van der Waals surface area contributed by atoms with Crippen LogP contribution in [-0.2, 0) is 0 Å². The van der Waals surface area contributed by atoms with E-state index in [1.54, 1.807) is 0 Å². The van der Waals surface area contributed by atoms with Crippen LogP contribution in [0.15, 0.2) is 16.7 Å². The highest BCUT2D eigenvalue weighted by molar-refractivity contribution is 9.10. The maximum Gasteiger partial charge on any atom is 0.0822 e.